The van der Waals surface area contributed by atoms with Gasteiger partial charge in [0.2, 0.25) is 0 Å². The molecule has 1 fully saturated rings. The van der Waals surface area contributed by atoms with Crippen LogP contribution >= 0.6 is 0 Å². The van der Waals surface area contributed by atoms with Crippen molar-refractivity contribution in [2.24, 2.45) is 5.92 Å². The van der Waals surface area contributed by atoms with Crippen LogP contribution in [0.1, 0.15) is 25.0 Å². The van der Waals surface area contributed by atoms with Gasteiger partial charge in [0, 0.05) is 13.5 Å². The lowest BCUT2D eigenvalue weighted by molar-refractivity contribution is -0.117. The van der Waals surface area contributed by atoms with Gasteiger partial charge in [-0.25, -0.2) is 0 Å². The van der Waals surface area contributed by atoms with Crippen molar-refractivity contribution in [3.05, 3.63) is 35.9 Å². The summed E-state index contributed by atoms with van der Waals surface area (Å²) < 4.78 is 11.0. The number of ether oxygens (including phenoxy) is 2. The van der Waals surface area contributed by atoms with E-state index >= 15 is 0 Å². The van der Waals surface area contributed by atoms with Gasteiger partial charge in [-0.2, -0.15) is 0 Å². The second-order valence-electron chi connectivity index (χ2n) is 3.85. The molecule has 2 heteroatoms. The summed E-state index contributed by atoms with van der Waals surface area (Å²) >= 11 is 0. The molecule has 0 spiro atoms. The van der Waals surface area contributed by atoms with Crippen molar-refractivity contribution in [3.8, 4) is 0 Å². The Hall–Kier alpha value is -0.860. The molecule has 0 amide bonds. The third kappa shape index (κ3) is 1.81. The minimum atomic E-state index is -0.0322. The highest BCUT2D eigenvalue weighted by Gasteiger charge is 2.32. The summed E-state index contributed by atoms with van der Waals surface area (Å²) in [5, 5.41) is 0. The fourth-order valence-electron chi connectivity index (χ4n) is 1.98. The first-order valence-electron chi connectivity index (χ1n) is 5.04. The number of methoxy groups -OCH3 is 1. The predicted molar refractivity (Wildman–Crippen MR) is 54.8 cm³/mol. The molecule has 1 aromatic carbocycles. The quantitative estimate of drug-likeness (QED) is 0.717. The average molecular weight is 192 g/mol. The number of hydrogen-bond donors (Lipinski definition) is 0. The maximum Gasteiger partial charge on any atom is 0.158 e. The Balaban J connectivity index is 2.13. The van der Waals surface area contributed by atoms with Crippen LogP contribution < -0.4 is 0 Å². The molecule has 2 rings (SSSR count). The molecule has 0 N–H and O–H groups in total. The summed E-state index contributed by atoms with van der Waals surface area (Å²) in [5.41, 5.74) is 1.25. The average Bonchev–Trinajstić information content (AvgIpc) is 2.61. The molecule has 14 heavy (non-hydrogen) atoms. The van der Waals surface area contributed by atoms with E-state index in [0.29, 0.717) is 5.92 Å². The van der Waals surface area contributed by atoms with Crippen molar-refractivity contribution < 1.29 is 9.47 Å². The summed E-state index contributed by atoms with van der Waals surface area (Å²) in [6, 6.07) is 10.3. The molecule has 0 saturated carbocycles. The molecule has 1 aliphatic heterocycles. The first-order chi connectivity index (χ1) is 6.81. The van der Waals surface area contributed by atoms with Crippen molar-refractivity contribution >= 4 is 0 Å². The van der Waals surface area contributed by atoms with E-state index in [0.717, 1.165) is 6.42 Å². The largest absolute Gasteiger partial charge is 0.356 e. The Morgan fingerprint density at radius 2 is 2.00 bits per heavy atom. The van der Waals surface area contributed by atoms with Gasteiger partial charge in [-0.05, 0) is 11.5 Å². The first kappa shape index (κ1) is 9.69. The van der Waals surface area contributed by atoms with E-state index in [2.05, 4.69) is 19.1 Å². The maximum absolute atomic E-state index is 5.79. The van der Waals surface area contributed by atoms with E-state index in [1.165, 1.54) is 5.56 Å². The Morgan fingerprint density at radius 3 is 2.57 bits per heavy atom. The van der Waals surface area contributed by atoms with Crippen molar-refractivity contribution in [2.45, 2.75) is 25.7 Å². The molecule has 2 nitrogen and oxygen atoms in total. The molecular formula is C12H16O2. The van der Waals surface area contributed by atoms with E-state index in [9.17, 15) is 0 Å². The van der Waals surface area contributed by atoms with Crippen molar-refractivity contribution in [1.29, 1.82) is 0 Å². The van der Waals surface area contributed by atoms with Gasteiger partial charge < -0.3 is 9.47 Å². The minimum Gasteiger partial charge on any atom is -0.356 e. The molecule has 0 aromatic heterocycles. The minimum absolute atomic E-state index is 0.0322. The summed E-state index contributed by atoms with van der Waals surface area (Å²) in [6.07, 6.45) is 1.15. The zero-order chi connectivity index (χ0) is 9.97. The Morgan fingerprint density at radius 1 is 1.29 bits per heavy atom. The second-order valence-corrected chi connectivity index (χ2v) is 3.85. The van der Waals surface area contributed by atoms with Crippen LogP contribution in [-0.2, 0) is 9.47 Å². The molecule has 1 unspecified atom stereocenters. The van der Waals surface area contributed by atoms with E-state index < -0.39 is 0 Å². The molecule has 1 saturated heterocycles. The van der Waals surface area contributed by atoms with Crippen LogP contribution in [-0.4, -0.2) is 13.4 Å². The van der Waals surface area contributed by atoms with E-state index in [1.807, 2.05) is 18.2 Å². The van der Waals surface area contributed by atoms with Crippen LogP contribution in [0.4, 0.5) is 0 Å². The SMILES string of the molecule is COC1C[C@H](C)[C@@H](c2ccccc2)O1. The van der Waals surface area contributed by atoms with Crippen LogP contribution in [0.25, 0.3) is 0 Å². The van der Waals surface area contributed by atoms with Crippen LogP contribution in [0.15, 0.2) is 30.3 Å². The van der Waals surface area contributed by atoms with Crippen molar-refractivity contribution in [2.75, 3.05) is 7.11 Å². The summed E-state index contributed by atoms with van der Waals surface area (Å²) in [7, 11) is 1.70. The van der Waals surface area contributed by atoms with Gasteiger partial charge in [0.15, 0.2) is 6.29 Å². The lowest BCUT2D eigenvalue weighted by Crippen LogP contribution is -2.08. The highest BCUT2D eigenvalue weighted by molar-refractivity contribution is 5.18. The zero-order valence-electron chi connectivity index (χ0n) is 8.64. The third-order valence-corrected chi connectivity index (χ3v) is 2.77. The molecule has 1 heterocycles. The third-order valence-electron chi connectivity index (χ3n) is 2.77. The predicted octanol–water partition coefficient (Wildman–Crippen LogP) is 2.76. The molecular weight excluding hydrogens is 176 g/mol. The number of hydrogen-bond acceptors (Lipinski definition) is 2. The standard InChI is InChI=1S/C12H16O2/c1-9-8-11(13-2)14-12(9)10-6-4-3-5-7-10/h3-7,9,11-12H,8H2,1-2H3/t9-,11?,12-/m0/s1. The maximum atomic E-state index is 5.79. The van der Waals surface area contributed by atoms with Gasteiger partial charge in [-0.15, -0.1) is 0 Å². The summed E-state index contributed by atoms with van der Waals surface area (Å²) in [6.45, 7) is 2.21. The summed E-state index contributed by atoms with van der Waals surface area (Å²) in [5.74, 6) is 0.530. The van der Waals surface area contributed by atoms with Crippen LogP contribution in [0.5, 0.6) is 0 Å². The van der Waals surface area contributed by atoms with Crippen LogP contribution in [0.3, 0.4) is 0 Å². The van der Waals surface area contributed by atoms with Crippen LogP contribution in [0.2, 0.25) is 0 Å². The van der Waals surface area contributed by atoms with Gasteiger partial charge in [0.25, 0.3) is 0 Å². The fraction of sp³-hybridized carbons (Fsp3) is 0.500. The van der Waals surface area contributed by atoms with E-state index in [1.54, 1.807) is 7.11 Å². The van der Waals surface area contributed by atoms with Gasteiger partial charge in [-0.1, -0.05) is 37.3 Å². The molecule has 0 aliphatic carbocycles. The monoisotopic (exact) mass is 192 g/mol. The highest BCUT2D eigenvalue weighted by atomic mass is 16.7. The lowest BCUT2D eigenvalue weighted by Gasteiger charge is -2.15. The molecule has 0 radical (unpaired) electrons. The Kier molecular flexibility index (Phi) is 2.85. The van der Waals surface area contributed by atoms with Gasteiger partial charge in [0.05, 0.1) is 6.10 Å². The molecule has 3 atom stereocenters. The fourth-order valence-corrected chi connectivity index (χ4v) is 1.98. The summed E-state index contributed by atoms with van der Waals surface area (Å²) in [4.78, 5) is 0. The zero-order valence-corrected chi connectivity index (χ0v) is 8.64. The smallest absolute Gasteiger partial charge is 0.158 e. The lowest BCUT2D eigenvalue weighted by atomic mass is 9.97. The highest BCUT2D eigenvalue weighted by Crippen LogP contribution is 2.37. The van der Waals surface area contributed by atoms with Crippen LogP contribution in [0, 0.1) is 5.92 Å². The second kappa shape index (κ2) is 4.11. The first-order valence-corrected chi connectivity index (χ1v) is 5.04. The molecule has 0 bridgehead atoms. The molecule has 76 valence electrons. The van der Waals surface area contributed by atoms with E-state index in [-0.39, 0.29) is 12.4 Å². The van der Waals surface area contributed by atoms with Crippen molar-refractivity contribution in [1.82, 2.24) is 0 Å². The molecule has 1 aromatic rings. The molecule has 1 aliphatic rings. The normalized spacial score (nSPS) is 32.0. The van der Waals surface area contributed by atoms with Gasteiger partial charge >= 0.3 is 0 Å². The Bertz CT molecular complexity index is 284. The van der Waals surface area contributed by atoms with E-state index in [4.69, 9.17) is 9.47 Å². The van der Waals surface area contributed by atoms with Crippen molar-refractivity contribution in [3.63, 3.8) is 0 Å². The topological polar surface area (TPSA) is 18.5 Å². The number of benzene rings is 1. The Labute approximate surface area is 84.8 Å². The van der Waals surface area contributed by atoms with Gasteiger partial charge in [0.1, 0.15) is 0 Å². The van der Waals surface area contributed by atoms with Gasteiger partial charge in [-0.3, -0.25) is 0 Å². The number of rotatable bonds is 2.